The zero-order chi connectivity index (χ0) is 31.6. The molecule has 0 spiro atoms. The Balaban J connectivity index is 1.43. The fourth-order valence-electron chi connectivity index (χ4n) is 6.29. The van der Waals surface area contributed by atoms with E-state index in [1.807, 2.05) is 85.6 Å². The monoisotopic (exact) mass is 597 g/mol. The summed E-state index contributed by atoms with van der Waals surface area (Å²) in [4.78, 5) is 22.2. The van der Waals surface area contributed by atoms with Gasteiger partial charge in [-0.25, -0.2) is 0 Å². The number of rotatable bonds is 14. The van der Waals surface area contributed by atoms with Gasteiger partial charge in [0.25, 0.3) is 0 Å². The number of ether oxygens (including phenoxy) is 1. The molecule has 236 valence electrons. The Kier molecular flexibility index (Phi) is 12.1. The standard InChI is InChI=1S/C37H51N5O2/c1-6-40-37(27(3)26(2)30-12-10-23-42(25-30)35(43)15-11-22-41(5)31-18-19-31)36(28(4)38)34(39)24-29-16-20-33(21-17-29)44-32-13-8-7-9-14-32/h6-9,11,13-17,20-21,26-27,30-31,34,38H,10,12,18-19,22-25,39H2,1-5H3/b15-11?,37-36+,38-28?,40-6?. The maximum atomic E-state index is 13.0. The average molecular weight is 598 g/mol. The minimum absolute atomic E-state index is 0.0805. The van der Waals surface area contributed by atoms with Crippen molar-refractivity contribution in [2.24, 2.45) is 28.5 Å². The molecule has 4 rings (SSSR count). The summed E-state index contributed by atoms with van der Waals surface area (Å²) < 4.78 is 5.95. The van der Waals surface area contributed by atoms with Gasteiger partial charge in [0, 0.05) is 66.9 Å². The third-order valence-electron chi connectivity index (χ3n) is 9.23. The van der Waals surface area contributed by atoms with Crippen LogP contribution in [0.2, 0.25) is 0 Å². The SMILES string of the molecule is CC=N/C(=C(\C(C)=N)C(N)Cc1ccc(Oc2ccccc2)cc1)C(C)C(C)C1CCCN(C(=O)C=CCN(C)C2CC2)C1. The zero-order valence-electron chi connectivity index (χ0n) is 27.2. The molecule has 44 heavy (non-hydrogen) atoms. The molecule has 4 atom stereocenters. The van der Waals surface area contributed by atoms with Crippen molar-refractivity contribution >= 4 is 17.8 Å². The summed E-state index contributed by atoms with van der Waals surface area (Å²) in [7, 11) is 2.13. The summed E-state index contributed by atoms with van der Waals surface area (Å²) in [5, 5.41) is 8.71. The Morgan fingerprint density at radius 1 is 1.11 bits per heavy atom. The number of hydrogen-bond acceptors (Lipinski definition) is 6. The first kappa shape index (κ1) is 33.3. The maximum Gasteiger partial charge on any atom is 0.246 e. The molecule has 7 nitrogen and oxygen atoms in total. The number of hydrogen-bond donors (Lipinski definition) is 2. The van der Waals surface area contributed by atoms with Crippen molar-refractivity contribution in [1.29, 1.82) is 5.41 Å². The van der Waals surface area contributed by atoms with Crippen molar-refractivity contribution < 1.29 is 9.53 Å². The van der Waals surface area contributed by atoms with Crippen molar-refractivity contribution in [3.8, 4) is 11.5 Å². The van der Waals surface area contributed by atoms with Gasteiger partial charge in [-0.1, -0.05) is 50.3 Å². The van der Waals surface area contributed by atoms with Crippen LogP contribution >= 0.6 is 0 Å². The lowest BCUT2D eigenvalue weighted by atomic mass is 9.76. The van der Waals surface area contributed by atoms with Crippen molar-refractivity contribution in [3.05, 3.63) is 83.6 Å². The molecule has 1 amide bonds. The number of aliphatic imine (C=N–C) groups is 1. The van der Waals surface area contributed by atoms with E-state index in [1.165, 1.54) is 12.8 Å². The van der Waals surface area contributed by atoms with Crippen LogP contribution in [0.15, 0.2) is 83.0 Å². The number of nitrogens with one attached hydrogen (secondary N) is 1. The van der Waals surface area contributed by atoms with Crippen LogP contribution in [0.5, 0.6) is 11.5 Å². The van der Waals surface area contributed by atoms with Gasteiger partial charge in [-0.15, -0.1) is 0 Å². The van der Waals surface area contributed by atoms with Crippen molar-refractivity contribution in [1.82, 2.24) is 9.80 Å². The molecule has 1 aliphatic carbocycles. The van der Waals surface area contributed by atoms with Crippen molar-refractivity contribution in [2.45, 2.75) is 71.9 Å². The highest BCUT2D eigenvalue weighted by Crippen LogP contribution is 2.35. The quantitative estimate of drug-likeness (QED) is 0.183. The van der Waals surface area contributed by atoms with E-state index in [0.29, 0.717) is 24.1 Å². The number of allylic oxidation sites excluding steroid dienone is 1. The number of likely N-dealkylation sites (N-methyl/N-ethyl adjacent to an activating group) is 1. The predicted octanol–water partition coefficient (Wildman–Crippen LogP) is 6.89. The van der Waals surface area contributed by atoms with E-state index in [9.17, 15) is 4.79 Å². The first-order valence-corrected chi connectivity index (χ1v) is 16.2. The molecular weight excluding hydrogens is 546 g/mol. The average Bonchev–Trinajstić information content (AvgIpc) is 3.87. The molecular formula is C37H51N5O2. The number of benzene rings is 2. The largest absolute Gasteiger partial charge is 0.457 e. The molecule has 1 saturated carbocycles. The smallest absolute Gasteiger partial charge is 0.246 e. The molecule has 2 aliphatic rings. The van der Waals surface area contributed by atoms with E-state index in [2.05, 4.69) is 25.8 Å². The van der Waals surface area contributed by atoms with E-state index < -0.39 is 0 Å². The summed E-state index contributed by atoms with van der Waals surface area (Å²) in [6.07, 6.45) is 10.8. The van der Waals surface area contributed by atoms with Gasteiger partial charge in [-0.05, 0) is 94.7 Å². The third-order valence-corrected chi connectivity index (χ3v) is 9.23. The van der Waals surface area contributed by atoms with E-state index in [1.54, 1.807) is 6.08 Å². The number of likely N-dealkylation sites (tertiary alicyclic amines) is 1. The number of para-hydroxylation sites is 1. The van der Waals surface area contributed by atoms with Crippen LogP contribution in [-0.2, 0) is 11.2 Å². The van der Waals surface area contributed by atoms with Gasteiger partial charge in [-0.3, -0.25) is 14.7 Å². The molecule has 0 bridgehead atoms. The molecule has 0 aromatic heterocycles. The minimum Gasteiger partial charge on any atom is -0.457 e. The van der Waals surface area contributed by atoms with Crippen LogP contribution in [0.1, 0.15) is 58.9 Å². The Labute approximate surface area is 264 Å². The highest BCUT2D eigenvalue weighted by atomic mass is 16.5. The first-order valence-electron chi connectivity index (χ1n) is 16.2. The number of carbonyl (C=O) groups is 1. The molecule has 1 heterocycles. The van der Waals surface area contributed by atoms with E-state index >= 15 is 0 Å². The second kappa shape index (κ2) is 16.0. The number of piperidine rings is 1. The van der Waals surface area contributed by atoms with Gasteiger partial charge in [0.15, 0.2) is 0 Å². The van der Waals surface area contributed by atoms with Crippen LogP contribution in [0, 0.1) is 23.2 Å². The van der Waals surface area contributed by atoms with Gasteiger partial charge in [0.2, 0.25) is 5.91 Å². The minimum atomic E-state index is -0.370. The lowest BCUT2D eigenvalue weighted by molar-refractivity contribution is -0.128. The summed E-state index contributed by atoms with van der Waals surface area (Å²) in [5.41, 5.74) is 10.1. The Morgan fingerprint density at radius 2 is 1.80 bits per heavy atom. The summed E-state index contributed by atoms with van der Waals surface area (Å²) in [6, 6.07) is 18.0. The second-order valence-corrected chi connectivity index (χ2v) is 12.6. The van der Waals surface area contributed by atoms with Crippen LogP contribution in [0.3, 0.4) is 0 Å². The maximum absolute atomic E-state index is 13.0. The van der Waals surface area contributed by atoms with Gasteiger partial charge in [0.05, 0.1) is 0 Å². The fraction of sp³-hybridized carbons (Fsp3) is 0.486. The molecule has 2 aromatic rings. The van der Waals surface area contributed by atoms with E-state index in [-0.39, 0.29) is 23.8 Å². The fourth-order valence-corrected chi connectivity index (χ4v) is 6.29. The van der Waals surface area contributed by atoms with Crippen molar-refractivity contribution in [3.63, 3.8) is 0 Å². The number of amides is 1. The summed E-state index contributed by atoms with van der Waals surface area (Å²) in [5.74, 6) is 2.38. The Bertz CT molecular complexity index is 1330. The van der Waals surface area contributed by atoms with Crippen LogP contribution < -0.4 is 10.5 Å². The normalized spacial score (nSPS) is 20.1. The summed E-state index contributed by atoms with van der Waals surface area (Å²) in [6.45, 7) is 10.6. The second-order valence-electron chi connectivity index (χ2n) is 12.6. The van der Waals surface area contributed by atoms with Crippen LogP contribution in [-0.4, -0.2) is 66.4 Å². The van der Waals surface area contributed by atoms with Crippen LogP contribution in [0.4, 0.5) is 0 Å². The first-order chi connectivity index (χ1) is 21.2. The van der Waals surface area contributed by atoms with E-state index in [0.717, 1.165) is 60.8 Å². The number of nitrogens with two attached hydrogens (primary N) is 1. The van der Waals surface area contributed by atoms with Gasteiger partial charge in [0.1, 0.15) is 11.5 Å². The highest BCUT2D eigenvalue weighted by Gasteiger charge is 2.33. The van der Waals surface area contributed by atoms with Gasteiger partial charge in [-0.2, -0.15) is 0 Å². The zero-order valence-corrected chi connectivity index (χ0v) is 27.2. The molecule has 3 N–H and O–H groups in total. The molecule has 2 fully saturated rings. The lowest BCUT2D eigenvalue weighted by Gasteiger charge is -2.38. The third kappa shape index (κ3) is 9.23. The lowest BCUT2D eigenvalue weighted by Crippen LogP contribution is -2.42. The molecule has 0 radical (unpaired) electrons. The van der Waals surface area contributed by atoms with Crippen LogP contribution in [0.25, 0.3) is 0 Å². The summed E-state index contributed by atoms with van der Waals surface area (Å²) >= 11 is 0. The highest BCUT2D eigenvalue weighted by molar-refractivity contribution is 5.98. The van der Waals surface area contributed by atoms with E-state index in [4.69, 9.17) is 20.9 Å². The molecule has 2 aromatic carbocycles. The van der Waals surface area contributed by atoms with Crippen molar-refractivity contribution in [2.75, 3.05) is 26.7 Å². The van der Waals surface area contributed by atoms with Gasteiger partial charge < -0.3 is 20.8 Å². The number of nitrogens with zero attached hydrogens (tertiary/aromatic N) is 3. The Hall–Kier alpha value is -3.55. The molecule has 1 aliphatic heterocycles. The molecule has 1 saturated heterocycles. The Morgan fingerprint density at radius 3 is 2.43 bits per heavy atom. The van der Waals surface area contributed by atoms with Gasteiger partial charge >= 0.3 is 0 Å². The molecule has 4 unspecified atom stereocenters. The predicted molar refractivity (Wildman–Crippen MR) is 182 cm³/mol. The molecule has 7 heteroatoms. The topological polar surface area (TPSA) is 95.0 Å². The number of carbonyl (C=O) groups excluding carboxylic acids is 1.